The second-order valence-corrected chi connectivity index (χ2v) is 31.7. The van der Waals surface area contributed by atoms with Gasteiger partial charge < -0.3 is 79.3 Å². The second kappa shape index (κ2) is 37.2. The fourth-order valence-corrected chi connectivity index (χ4v) is 19.0. The molecule has 554 valence electrons. The third-order valence-electron chi connectivity index (χ3n) is 23.0. The van der Waals surface area contributed by atoms with E-state index in [2.05, 4.69) is 73.9 Å². The van der Waals surface area contributed by atoms with Gasteiger partial charge in [-0.25, -0.2) is 9.59 Å². The molecule has 6 fully saturated rings. The first kappa shape index (κ1) is 78.7. The summed E-state index contributed by atoms with van der Waals surface area (Å²) in [5.74, 6) is -2.68. The van der Waals surface area contributed by atoms with Crippen molar-refractivity contribution in [3.8, 4) is 5.75 Å². The number of aromatic hydroxyl groups is 1. The lowest BCUT2D eigenvalue weighted by Gasteiger charge is -2.62. The maximum atomic E-state index is 14.3. The van der Waals surface area contributed by atoms with Crippen molar-refractivity contribution >= 4 is 71.0 Å². The summed E-state index contributed by atoms with van der Waals surface area (Å²) in [6.07, 6.45) is 12.3. The molecule has 16 N–H and O–H groups in total. The van der Waals surface area contributed by atoms with Gasteiger partial charge in [0.2, 0.25) is 47.3 Å². The van der Waals surface area contributed by atoms with Gasteiger partial charge in [0, 0.05) is 43.4 Å². The van der Waals surface area contributed by atoms with Gasteiger partial charge in [-0.05, 0) is 198 Å². The standard InChI is InChI=1S/C74H113N11O14S/c1-43(2)35-57(83-70(96)58(37-45-15-7-6-8-16-45)81-65(92)41-78-64(91)40-79-67(93)54(75)36-46-22-25-48(86)26-23-46)68(94)77-34-14-11-17-55(69(95)82-56(71(97)98)18-12-13-33-76-62(89)20-10-9-19-60-66-59(42-100-60)84-72(99)85-66)80-63(90)30-21-44(3)51-28-29-52-50-27-24-47-38-49(87)31-32-73(47,4)53(50)39-61(88)74(51,52)5/h6-8,15-16,22-23,25-26,43-44,47,49-61,66,86-88H,9-14,17-21,24,27-42,75H2,1-5H3,(H,76,89)(H,77,94)(H,78,91)(H,79,93)(H,80,90)(H,81,92)(H,82,95)(H,83,96)(H,97,98)(H2,84,85,99)/t44-,47+,49+,50-,51+,52-,53-,54-,55-,56-,57-,58-,59-,60-,61-,66-,73-,74+/m0/s1. The average Bonchev–Trinajstić information content (AvgIpc) is 1.36. The molecule has 0 spiro atoms. The van der Waals surface area contributed by atoms with Crippen LogP contribution in [0.15, 0.2) is 54.6 Å². The molecule has 2 aromatic rings. The van der Waals surface area contributed by atoms with Crippen LogP contribution in [-0.2, 0) is 56.0 Å². The van der Waals surface area contributed by atoms with Crippen LogP contribution in [-0.4, -0.2) is 171 Å². The van der Waals surface area contributed by atoms with Crippen LogP contribution >= 0.6 is 11.8 Å². The van der Waals surface area contributed by atoms with E-state index < -0.39 is 90.8 Å². The largest absolute Gasteiger partial charge is 0.508 e. The lowest BCUT2D eigenvalue weighted by atomic mass is 9.43. The maximum absolute atomic E-state index is 14.3. The molecule has 8 rings (SSSR count). The van der Waals surface area contributed by atoms with E-state index in [1.807, 2.05) is 25.6 Å². The quantitative estimate of drug-likeness (QED) is 0.0325. The summed E-state index contributed by atoms with van der Waals surface area (Å²) in [6, 6.07) is 9.60. The van der Waals surface area contributed by atoms with Crippen molar-refractivity contribution in [1.29, 1.82) is 0 Å². The lowest BCUT2D eigenvalue weighted by Crippen LogP contribution is -2.58. The van der Waals surface area contributed by atoms with Gasteiger partial charge in [0.05, 0.1) is 43.4 Å². The van der Waals surface area contributed by atoms with E-state index in [0.717, 1.165) is 70.0 Å². The maximum Gasteiger partial charge on any atom is 0.326 e. The molecule has 100 heavy (non-hydrogen) atoms. The van der Waals surface area contributed by atoms with Gasteiger partial charge in [0.25, 0.3) is 0 Å². The van der Waals surface area contributed by atoms with Gasteiger partial charge in [-0.3, -0.25) is 38.4 Å². The van der Waals surface area contributed by atoms with Gasteiger partial charge in [-0.2, -0.15) is 11.8 Å². The molecule has 2 heterocycles. The highest BCUT2D eigenvalue weighted by Crippen LogP contribution is 2.68. The predicted octanol–water partition coefficient (Wildman–Crippen LogP) is 4.51. The number of nitrogens with one attached hydrogen (secondary N) is 10. The number of carbonyl (C=O) groups excluding carboxylic acids is 9. The molecule has 6 aliphatic rings. The molecular formula is C74H113N11O14S. The van der Waals surface area contributed by atoms with E-state index in [1.165, 1.54) is 12.1 Å². The number of hydrogen-bond donors (Lipinski definition) is 15. The van der Waals surface area contributed by atoms with Crippen LogP contribution in [0.5, 0.6) is 5.75 Å². The Hall–Kier alpha value is -7.03. The summed E-state index contributed by atoms with van der Waals surface area (Å²) in [5.41, 5.74) is 7.22. The van der Waals surface area contributed by atoms with E-state index in [0.29, 0.717) is 91.5 Å². The van der Waals surface area contributed by atoms with Gasteiger partial charge in [-0.1, -0.05) is 83.5 Å². The molecule has 0 aromatic heterocycles. The minimum absolute atomic E-state index is 0.0407. The smallest absolute Gasteiger partial charge is 0.326 e. The molecule has 25 nitrogen and oxygen atoms in total. The number of carboxylic acid groups (broad SMARTS) is 1. The molecule has 10 amide bonds. The highest BCUT2D eigenvalue weighted by Gasteiger charge is 2.64. The number of phenolic OH excluding ortho intramolecular Hbond substituents is 1. The normalized spacial score (nSPS) is 27.5. The molecule has 0 radical (unpaired) electrons. The Bertz CT molecular complexity index is 3110. The summed E-state index contributed by atoms with van der Waals surface area (Å²) in [7, 11) is 0. The number of unbranched alkanes of at least 4 members (excludes halogenated alkanes) is 3. The number of aliphatic hydroxyl groups is 2. The Balaban J connectivity index is 0.830. The SMILES string of the molecule is CC(C)C[C@H](NC(=O)[C@H](Cc1ccccc1)NC(=O)CNC(=O)CNC(=O)[C@@H](N)Cc1ccc(O)cc1)C(=O)NCCCC[C@H](NC(=O)CC[C@H](C)[C@H]1CC[C@H]2[C@@H]3CC[C@@H]4C[C@H](O)CC[C@]4(C)[C@H]3C[C@H](O)[C@]12C)C(=O)N[C@@H](CCCCNC(=O)CCCC[C@@H]1SC[C@@H]2NC(=O)N[C@@H]21)C(=O)O. The number of rotatable bonds is 38. The molecule has 2 aromatic carbocycles. The first-order valence-electron chi connectivity index (χ1n) is 36.8. The van der Waals surface area contributed by atoms with Crippen molar-refractivity contribution in [3.05, 3.63) is 65.7 Å². The Morgan fingerprint density at radius 3 is 2.01 bits per heavy atom. The minimum atomic E-state index is -1.29. The van der Waals surface area contributed by atoms with Crippen LogP contribution < -0.4 is 58.9 Å². The number of nitrogens with two attached hydrogens (primary N) is 1. The van der Waals surface area contributed by atoms with Gasteiger partial charge >= 0.3 is 12.0 Å². The number of thioether (sulfide) groups is 1. The van der Waals surface area contributed by atoms with Crippen molar-refractivity contribution in [2.45, 2.75) is 242 Å². The number of carboxylic acids is 1. The summed E-state index contributed by atoms with van der Waals surface area (Å²) < 4.78 is 0. The van der Waals surface area contributed by atoms with Gasteiger partial charge in [0.15, 0.2) is 0 Å². The molecule has 18 atom stereocenters. The minimum Gasteiger partial charge on any atom is -0.508 e. The first-order chi connectivity index (χ1) is 47.7. The van der Waals surface area contributed by atoms with E-state index in [9.17, 15) is 68.4 Å². The Labute approximate surface area is 593 Å². The molecule has 2 saturated heterocycles. The molecule has 0 bridgehead atoms. The molecule has 26 heteroatoms. The number of aliphatic hydroxyl groups excluding tert-OH is 2. The average molecular weight is 1410 g/mol. The van der Waals surface area contributed by atoms with E-state index >= 15 is 0 Å². The number of carbonyl (C=O) groups is 10. The van der Waals surface area contributed by atoms with Crippen molar-refractivity contribution in [1.82, 2.24) is 53.2 Å². The van der Waals surface area contributed by atoms with Crippen molar-refractivity contribution in [2.75, 3.05) is 31.9 Å². The third-order valence-corrected chi connectivity index (χ3v) is 24.5. The highest BCUT2D eigenvalue weighted by molar-refractivity contribution is 8.00. The zero-order chi connectivity index (χ0) is 72.3. The van der Waals surface area contributed by atoms with Crippen LogP contribution in [0.2, 0.25) is 0 Å². The van der Waals surface area contributed by atoms with Crippen LogP contribution in [0.25, 0.3) is 0 Å². The number of urea groups is 1. The number of phenols is 1. The van der Waals surface area contributed by atoms with Crippen molar-refractivity contribution < 1.29 is 68.4 Å². The first-order valence-corrected chi connectivity index (χ1v) is 37.9. The molecule has 4 saturated carbocycles. The molecule has 4 aliphatic carbocycles. The highest BCUT2D eigenvalue weighted by atomic mass is 32.2. The molecule has 0 unspecified atom stereocenters. The lowest BCUT2D eigenvalue weighted by molar-refractivity contribution is -0.175. The summed E-state index contributed by atoms with van der Waals surface area (Å²) in [5, 5.41) is 70.8. The zero-order valence-electron chi connectivity index (χ0n) is 59.2. The Kier molecular flexibility index (Phi) is 29.3. The van der Waals surface area contributed by atoms with Crippen LogP contribution in [0.1, 0.15) is 181 Å². The number of benzene rings is 2. The monoisotopic (exact) mass is 1410 g/mol. The van der Waals surface area contributed by atoms with E-state index in [-0.39, 0.29) is 115 Å². The summed E-state index contributed by atoms with van der Waals surface area (Å²) >= 11 is 1.83. The zero-order valence-corrected chi connectivity index (χ0v) is 60.0. The van der Waals surface area contributed by atoms with E-state index in [1.54, 1.807) is 42.5 Å². The number of aliphatic carboxylic acids is 1. The van der Waals surface area contributed by atoms with Crippen LogP contribution in [0, 0.1) is 52.3 Å². The number of hydrogen-bond acceptors (Lipinski definition) is 15. The summed E-state index contributed by atoms with van der Waals surface area (Å²) in [6.45, 7) is 10.0. The number of amides is 10. The molecular weight excluding hydrogens is 1300 g/mol. The Morgan fingerprint density at radius 2 is 1.29 bits per heavy atom. The Morgan fingerprint density at radius 1 is 0.620 bits per heavy atom. The van der Waals surface area contributed by atoms with Crippen molar-refractivity contribution in [2.24, 2.45) is 58.0 Å². The summed E-state index contributed by atoms with van der Waals surface area (Å²) in [4.78, 5) is 133. The van der Waals surface area contributed by atoms with Gasteiger partial charge in [-0.15, -0.1) is 0 Å². The predicted molar refractivity (Wildman–Crippen MR) is 379 cm³/mol. The second-order valence-electron chi connectivity index (χ2n) is 30.4. The van der Waals surface area contributed by atoms with Crippen LogP contribution in [0.4, 0.5) is 4.79 Å². The fourth-order valence-electron chi connectivity index (χ4n) is 17.5. The number of fused-ring (bicyclic) bond motifs is 6. The third kappa shape index (κ3) is 21.8. The topological polar surface area (TPSA) is 398 Å². The van der Waals surface area contributed by atoms with Crippen LogP contribution in [0.3, 0.4) is 0 Å². The fraction of sp³-hybridized carbons (Fsp3) is 0.703. The van der Waals surface area contributed by atoms with Crippen molar-refractivity contribution in [3.63, 3.8) is 0 Å². The van der Waals surface area contributed by atoms with E-state index in [4.69, 9.17) is 5.73 Å². The molecule has 2 aliphatic heterocycles. The van der Waals surface area contributed by atoms with Gasteiger partial charge in [0.1, 0.15) is 29.9 Å².